The van der Waals surface area contributed by atoms with Crippen LogP contribution in [0.25, 0.3) is 0 Å². The Morgan fingerprint density at radius 3 is 2.15 bits per heavy atom. The number of esters is 1. The van der Waals surface area contributed by atoms with E-state index >= 15 is 0 Å². The monoisotopic (exact) mass is 224 g/mol. The Balaban J connectivity index is 0. The maximum atomic E-state index is 12.1. The van der Waals surface area contributed by atoms with Crippen LogP contribution in [0.5, 0.6) is 0 Å². The summed E-state index contributed by atoms with van der Waals surface area (Å²) in [5.74, 6) is -2.47. The standard InChI is InChI=1S/C4H4F2O5S.Na/c1-2-11-3(7)4(5,6)12(8,9)10;/h2H,1H2,(H,8,9,10);/q;+1/p-1. The molecular weight excluding hydrogens is 221 g/mol. The second-order valence-electron chi connectivity index (χ2n) is 1.54. The van der Waals surface area contributed by atoms with E-state index in [9.17, 15) is 26.5 Å². The molecule has 0 aromatic carbocycles. The predicted molar refractivity (Wildman–Crippen MR) is 30.9 cm³/mol. The van der Waals surface area contributed by atoms with E-state index in [1.165, 1.54) is 0 Å². The summed E-state index contributed by atoms with van der Waals surface area (Å²) < 4.78 is 56.8. The van der Waals surface area contributed by atoms with Crippen molar-refractivity contribution >= 4 is 16.1 Å². The van der Waals surface area contributed by atoms with Crippen LogP contribution < -0.4 is 29.6 Å². The number of hydrogen-bond acceptors (Lipinski definition) is 5. The van der Waals surface area contributed by atoms with Gasteiger partial charge in [0.15, 0.2) is 10.1 Å². The number of carbonyl (C=O) groups is 1. The van der Waals surface area contributed by atoms with Gasteiger partial charge in [0, 0.05) is 0 Å². The Morgan fingerprint density at radius 1 is 1.54 bits per heavy atom. The van der Waals surface area contributed by atoms with E-state index in [1.54, 1.807) is 0 Å². The first-order valence-electron chi connectivity index (χ1n) is 2.38. The maximum Gasteiger partial charge on any atom is 1.00 e. The van der Waals surface area contributed by atoms with Crippen LogP contribution in [0.1, 0.15) is 0 Å². The van der Waals surface area contributed by atoms with Gasteiger partial charge in [-0.3, -0.25) is 0 Å². The van der Waals surface area contributed by atoms with Crippen LogP contribution in [-0.2, 0) is 19.6 Å². The molecule has 0 saturated carbocycles. The van der Waals surface area contributed by atoms with Gasteiger partial charge in [0.1, 0.15) is 0 Å². The van der Waals surface area contributed by atoms with Crippen LogP contribution in [0.15, 0.2) is 12.8 Å². The first kappa shape index (κ1) is 15.5. The molecule has 0 aromatic rings. The molecule has 0 aromatic heterocycles. The van der Waals surface area contributed by atoms with Crippen molar-refractivity contribution in [3.05, 3.63) is 12.8 Å². The van der Waals surface area contributed by atoms with Crippen molar-refractivity contribution < 1.29 is 60.8 Å². The first-order valence-corrected chi connectivity index (χ1v) is 3.79. The minimum absolute atomic E-state index is 0. The van der Waals surface area contributed by atoms with E-state index < -0.39 is 21.3 Å². The summed E-state index contributed by atoms with van der Waals surface area (Å²) in [7, 11) is -6.03. The SMILES string of the molecule is C=COC(=O)C(F)(F)S(=O)(=O)[O-].[Na+]. The molecule has 0 radical (unpaired) electrons. The maximum absolute atomic E-state index is 12.1. The summed E-state index contributed by atoms with van der Waals surface area (Å²) in [6.45, 7) is 2.72. The largest absolute Gasteiger partial charge is 1.00 e. The van der Waals surface area contributed by atoms with Gasteiger partial charge in [0.05, 0.1) is 6.26 Å². The molecule has 0 bridgehead atoms. The molecule has 0 aliphatic carbocycles. The van der Waals surface area contributed by atoms with Crippen LogP contribution in [0.4, 0.5) is 8.78 Å². The van der Waals surface area contributed by atoms with Gasteiger partial charge in [0.25, 0.3) is 0 Å². The van der Waals surface area contributed by atoms with Gasteiger partial charge in [-0.1, -0.05) is 6.58 Å². The van der Waals surface area contributed by atoms with Crippen molar-refractivity contribution in [1.82, 2.24) is 0 Å². The summed E-state index contributed by atoms with van der Waals surface area (Å²) in [4.78, 5) is 10.1. The summed E-state index contributed by atoms with van der Waals surface area (Å²) in [5, 5.41) is -5.07. The van der Waals surface area contributed by atoms with E-state index in [1.807, 2.05) is 0 Å². The molecule has 0 aliphatic rings. The van der Waals surface area contributed by atoms with Crippen molar-refractivity contribution in [2.75, 3.05) is 0 Å². The third-order valence-electron chi connectivity index (χ3n) is 0.742. The number of hydrogen-bond donors (Lipinski definition) is 0. The molecule has 0 rings (SSSR count). The molecule has 70 valence electrons. The number of ether oxygens (including phenoxy) is 1. The molecule has 0 saturated heterocycles. The molecule has 0 spiro atoms. The van der Waals surface area contributed by atoms with Crippen molar-refractivity contribution in [2.45, 2.75) is 5.25 Å². The van der Waals surface area contributed by atoms with Gasteiger partial charge in [-0.05, 0) is 0 Å². The van der Waals surface area contributed by atoms with Crippen LogP contribution in [-0.4, -0.2) is 24.2 Å². The number of rotatable bonds is 3. The normalized spacial score (nSPS) is 11.3. The zero-order chi connectivity index (χ0) is 9.99. The Hall–Kier alpha value is -0.0200. The second kappa shape index (κ2) is 5.01. The van der Waals surface area contributed by atoms with Crippen LogP contribution in [0, 0.1) is 0 Å². The van der Waals surface area contributed by atoms with E-state index in [4.69, 9.17) is 0 Å². The fourth-order valence-corrected chi connectivity index (χ4v) is 0.499. The molecule has 0 N–H and O–H groups in total. The molecule has 0 atom stereocenters. The van der Waals surface area contributed by atoms with Gasteiger partial charge in [-0.15, -0.1) is 0 Å². The zero-order valence-electron chi connectivity index (χ0n) is 6.49. The summed E-state index contributed by atoms with van der Waals surface area (Å²) in [5.41, 5.74) is 0. The Morgan fingerprint density at radius 2 is 1.92 bits per heavy atom. The van der Waals surface area contributed by atoms with Gasteiger partial charge in [0.2, 0.25) is 0 Å². The second-order valence-corrected chi connectivity index (χ2v) is 2.96. The average molecular weight is 224 g/mol. The first-order chi connectivity index (χ1) is 5.23. The van der Waals surface area contributed by atoms with E-state index in [-0.39, 0.29) is 29.6 Å². The Kier molecular flexibility index (Phi) is 5.95. The third kappa shape index (κ3) is 3.69. The Bertz CT molecular complexity index is 298. The van der Waals surface area contributed by atoms with E-state index in [0.717, 1.165) is 0 Å². The predicted octanol–water partition coefficient (Wildman–Crippen LogP) is -3.18. The number of alkyl halides is 2. The van der Waals surface area contributed by atoms with Crippen LogP contribution in [0.2, 0.25) is 0 Å². The minimum Gasteiger partial charge on any atom is -0.743 e. The number of carbonyl (C=O) groups excluding carboxylic acids is 1. The fourth-order valence-electron chi connectivity index (χ4n) is 0.246. The summed E-state index contributed by atoms with van der Waals surface area (Å²) in [6.07, 6.45) is 0.293. The van der Waals surface area contributed by atoms with E-state index in [2.05, 4.69) is 11.3 Å². The number of halogens is 2. The molecule has 0 fully saturated rings. The molecule has 0 amide bonds. The minimum atomic E-state index is -6.03. The van der Waals surface area contributed by atoms with Gasteiger partial charge in [-0.25, -0.2) is 13.2 Å². The third-order valence-corrected chi connectivity index (χ3v) is 1.54. The van der Waals surface area contributed by atoms with Crippen molar-refractivity contribution in [3.63, 3.8) is 0 Å². The van der Waals surface area contributed by atoms with Crippen LogP contribution in [0.3, 0.4) is 0 Å². The average Bonchev–Trinajstić information content (AvgIpc) is 1.85. The fraction of sp³-hybridized carbons (Fsp3) is 0.250. The van der Waals surface area contributed by atoms with Crippen molar-refractivity contribution in [1.29, 1.82) is 0 Å². The quantitative estimate of drug-likeness (QED) is 0.218. The summed E-state index contributed by atoms with van der Waals surface area (Å²) in [6, 6.07) is 0. The summed E-state index contributed by atoms with van der Waals surface area (Å²) >= 11 is 0. The zero-order valence-corrected chi connectivity index (χ0v) is 9.31. The molecule has 5 nitrogen and oxygen atoms in total. The smallest absolute Gasteiger partial charge is 0.743 e. The van der Waals surface area contributed by atoms with Crippen molar-refractivity contribution in [3.8, 4) is 0 Å². The van der Waals surface area contributed by atoms with Gasteiger partial charge < -0.3 is 9.29 Å². The van der Waals surface area contributed by atoms with Gasteiger partial charge in [-0.2, -0.15) is 8.78 Å². The molecule has 13 heavy (non-hydrogen) atoms. The molecule has 0 aliphatic heterocycles. The van der Waals surface area contributed by atoms with Crippen LogP contribution >= 0.6 is 0 Å². The molecular formula is C4H3F2NaO5S. The van der Waals surface area contributed by atoms with E-state index in [0.29, 0.717) is 6.26 Å². The topological polar surface area (TPSA) is 83.5 Å². The Labute approximate surface area is 94.8 Å². The van der Waals surface area contributed by atoms with Gasteiger partial charge >= 0.3 is 40.8 Å². The molecule has 0 heterocycles. The van der Waals surface area contributed by atoms with Crippen molar-refractivity contribution in [2.24, 2.45) is 0 Å². The molecule has 0 unspecified atom stereocenters. The molecule has 9 heteroatoms.